The lowest BCUT2D eigenvalue weighted by Gasteiger charge is -2.08. The molecule has 2 aromatic carbocycles. The van der Waals surface area contributed by atoms with Gasteiger partial charge in [0.2, 0.25) is 15.9 Å². The van der Waals surface area contributed by atoms with Gasteiger partial charge in [-0.15, -0.1) is 6.58 Å². The van der Waals surface area contributed by atoms with Crippen LogP contribution in [0.2, 0.25) is 0 Å². The molecule has 31 heavy (non-hydrogen) atoms. The molecule has 3 rings (SSSR count). The van der Waals surface area contributed by atoms with Crippen LogP contribution in [0.5, 0.6) is 5.75 Å². The van der Waals surface area contributed by atoms with Crippen molar-refractivity contribution in [3.63, 3.8) is 0 Å². The summed E-state index contributed by atoms with van der Waals surface area (Å²) >= 11 is 0. The van der Waals surface area contributed by atoms with E-state index in [4.69, 9.17) is 9.15 Å². The molecule has 162 valence electrons. The summed E-state index contributed by atoms with van der Waals surface area (Å²) in [5, 5.41) is 2.62. The molecule has 0 bridgehead atoms. The number of ether oxygens (including phenoxy) is 1. The van der Waals surface area contributed by atoms with Crippen LogP contribution in [0.25, 0.3) is 11.5 Å². The maximum Gasteiger partial charge on any atom is 0.251 e. The van der Waals surface area contributed by atoms with Gasteiger partial charge in [-0.2, -0.15) is 0 Å². The average Bonchev–Trinajstić information content (AvgIpc) is 3.26. The van der Waals surface area contributed by atoms with E-state index in [2.05, 4.69) is 21.6 Å². The maximum absolute atomic E-state index is 12.6. The van der Waals surface area contributed by atoms with Crippen molar-refractivity contribution in [3.8, 4) is 17.2 Å². The third-order valence-electron chi connectivity index (χ3n) is 4.38. The molecule has 0 aliphatic rings. The van der Waals surface area contributed by atoms with Crippen LogP contribution in [0.4, 0.5) is 0 Å². The molecule has 2 N–H and O–H groups in total. The quantitative estimate of drug-likeness (QED) is 0.468. The van der Waals surface area contributed by atoms with E-state index in [1.807, 2.05) is 12.1 Å². The van der Waals surface area contributed by atoms with Crippen LogP contribution >= 0.6 is 0 Å². The highest BCUT2D eigenvalue weighted by Crippen LogP contribution is 2.22. The van der Waals surface area contributed by atoms with Gasteiger partial charge in [0.1, 0.15) is 12.0 Å². The van der Waals surface area contributed by atoms with Crippen molar-refractivity contribution in [1.29, 1.82) is 0 Å². The van der Waals surface area contributed by atoms with E-state index in [9.17, 15) is 13.2 Å². The fourth-order valence-corrected chi connectivity index (χ4v) is 3.83. The molecule has 0 aliphatic carbocycles. The molecule has 0 radical (unpaired) electrons. The van der Waals surface area contributed by atoms with Crippen LogP contribution in [0.15, 0.2) is 76.8 Å². The molecule has 0 spiro atoms. The van der Waals surface area contributed by atoms with Crippen LogP contribution in [-0.4, -0.2) is 39.5 Å². The van der Waals surface area contributed by atoms with Crippen molar-refractivity contribution in [1.82, 2.24) is 15.0 Å². The molecule has 0 saturated carbocycles. The number of aromatic nitrogens is 1. The number of methoxy groups -OCH3 is 1. The standard InChI is InChI=1S/C22H23N3O5S/c1-3-12-23-21(26)17-5-4-6-20(14-17)31(27,28)24-13-11-18-15-30-22(25-18)16-7-9-19(29-2)10-8-16/h3-10,14-15,24H,1,11-13H2,2H3,(H,23,26). The number of hydrogen-bond acceptors (Lipinski definition) is 6. The number of oxazole rings is 1. The summed E-state index contributed by atoms with van der Waals surface area (Å²) < 4.78 is 38.3. The van der Waals surface area contributed by atoms with Crippen LogP contribution in [-0.2, 0) is 16.4 Å². The van der Waals surface area contributed by atoms with Crippen LogP contribution in [0.3, 0.4) is 0 Å². The van der Waals surface area contributed by atoms with E-state index in [0.29, 0.717) is 24.6 Å². The zero-order valence-corrected chi connectivity index (χ0v) is 17.8. The zero-order valence-electron chi connectivity index (χ0n) is 17.0. The maximum atomic E-state index is 12.6. The summed E-state index contributed by atoms with van der Waals surface area (Å²) in [6.45, 7) is 3.95. The van der Waals surface area contributed by atoms with Gasteiger partial charge in [0, 0.05) is 30.6 Å². The van der Waals surface area contributed by atoms with E-state index >= 15 is 0 Å². The SMILES string of the molecule is C=CCNC(=O)c1cccc(S(=O)(=O)NCCc2coc(-c3ccc(OC)cc3)n2)c1. The van der Waals surface area contributed by atoms with E-state index in [0.717, 1.165) is 11.3 Å². The Kier molecular flexibility index (Phi) is 7.22. The molecular weight excluding hydrogens is 418 g/mol. The Hall–Kier alpha value is -3.43. The monoisotopic (exact) mass is 441 g/mol. The fraction of sp³-hybridized carbons (Fsp3) is 0.182. The van der Waals surface area contributed by atoms with Crippen LogP contribution < -0.4 is 14.8 Å². The molecule has 1 heterocycles. The highest BCUT2D eigenvalue weighted by atomic mass is 32.2. The minimum atomic E-state index is -3.78. The van der Waals surface area contributed by atoms with Gasteiger partial charge in [0.25, 0.3) is 5.91 Å². The van der Waals surface area contributed by atoms with E-state index < -0.39 is 10.0 Å². The second kappa shape index (κ2) is 10.1. The summed E-state index contributed by atoms with van der Waals surface area (Å²) in [4.78, 5) is 16.4. The minimum Gasteiger partial charge on any atom is -0.497 e. The number of rotatable bonds is 10. The summed E-state index contributed by atoms with van der Waals surface area (Å²) in [6.07, 6.45) is 3.39. The van der Waals surface area contributed by atoms with Crippen molar-refractivity contribution in [2.75, 3.05) is 20.2 Å². The topological polar surface area (TPSA) is 111 Å². The van der Waals surface area contributed by atoms with Gasteiger partial charge in [-0.3, -0.25) is 4.79 Å². The lowest BCUT2D eigenvalue weighted by Crippen LogP contribution is -2.27. The molecule has 0 unspecified atom stereocenters. The van der Waals surface area contributed by atoms with Crippen molar-refractivity contribution in [3.05, 3.63) is 78.7 Å². The first kappa shape index (κ1) is 22.3. The second-order valence-electron chi connectivity index (χ2n) is 6.55. The number of carbonyl (C=O) groups is 1. The highest BCUT2D eigenvalue weighted by Gasteiger charge is 2.16. The van der Waals surface area contributed by atoms with Gasteiger partial charge in [-0.1, -0.05) is 12.1 Å². The molecule has 8 nitrogen and oxygen atoms in total. The Morgan fingerprint density at radius 1 is 1.23 bits per heavy atom. The number of sulfonamides is 1. The lowest BCUT2D eigenvalue weighted by atomic mass is 10.2. The third kappa shape index (κ3) is 5.80. The summed E-state index contributed by atoms with van der Waals surface area (Å²) in [7, 11) is -2.19. The molecular formula is C22H23N3O5S. The van der Waals surface area contributed by atoms with Crippen LogP contribution in [0.1, 0.15) is 16.1 Å². The molecule has 3 aromatic rings. The predicted molar refractivity (Wildman–Crippen MR) is 116 cm³/mol. The Bertz CT molecular complexity index is 1150. The lowest BCUT2D eigenvalue weighted by molar-refractivity contribution is 0.0958. The van der Waals surface area contributed by atoms with Crippen molar-refractivity contribution in [2.24, 2.45) is 0 Å². The van der Waals surface area contributed by atoms with Gasteiger partial charge in [0.15, 0.2) is 0 Å². The predicted octanol–water partition coefficient (Wildman–Crippen LogP) is 2.79. The van der Waals surface area contributed by atoms with Crippen molar-refractivity contribution in [2.45, 2.75) is 11.3 Å². The molecule has 1 aromatic heterocycles. The molecule has 0 saturated heterocycles. The zero-order chi connectivity index (χ0) is 22.3. The van der Waals surface area contributed by atoms with Gasteiger partial charge in [0.05, 0.1) is 17.7 Å². The Balaban J connectivity index is 1.60. The van der Waals surface area contributed by atoms with Gasteiger partial charge >= 0.3 is 0 Å². The first-order valence-electron chi connectivity index (χ1n) is 9.50. The van der Waals surface area contributed by atoms with E-state index in [1.54, 1.807) is 31.4 Å². The summed E-state index contributed by atoms with van der Waals surface area (Å²) in [5.74, 6) is 0.802. The molecule has 1 amide bonds. The Labute approximate surface area is 181 Å². The van der Waals surface area contributed by atoms with E-state index in [-0.39, 0.29) is 22.9 Å². The number of nitrogens with one attached hydrogen (secondary N) is 2. The van der Waals surface area contributed by atoms with Crippen molar-refractivity contribution >= 4 is 15.9 Å². The second-order valence-corrected chi connectivity index (χ2v) is 8.31. The third-order valence-corrected chi connectivity index (χ3v) is 5.83. The Morgan fingerprint density at radius 2 is 2.00 bits per heavy atom. The van der Waals surface area contributed by atoms with Gasteiger partial charge in [-0.25, -0.2) is 18.1 Å². The first-order valence-corrected chi connectivity index (χ1v) is 11.0. The molecule has 0 atom stereocenters. The highest BCUT2D eigenvalue weighted by molar-refractivity contribution is 7.89. The number of amides is 1. The van der Waals surface area contributed by atoms with Gasteiger partial charge in [-0.05, 0) is 42.5 Å². The van der Waals surface area contributed by atoms with Crippen LogP contribution in [0, 0.1) is 0 Å². The number of hydrogen-bond donors (Lipinski definition) is 2. The minimum absolute atomic E-state index is 0.0119. The normalized spacial score (nSPS) is 11.1. The number of carbonyl (C=O) groups excluding carboxylic acids is 1. The van der Waals surface area contributed by atoms with E-state index in [1.165, 1.54) is 24.5 Å². The average molecular weight is 442 g/mol. The molecule has 0 fully saturated rings. The van der Waals surface area contributed by atoms with Gasteiger partial charge < -0.3 is 14.5 Å². The number of benzene rings is 2. The Morgan fingerprint density at radius 3 is 2.71 bits per heavy atom. The number of nitrogens with zero attached hydrogens (tertiary/aromatic N) is 1. The summed E-state index contributed by atoms with van der Waals surface area (Å²) in [6, 6.07) is 13.1. The summed E-state index contributed by atoms with van der Waals surface area (Å²) in [5.41, 5.74) is 1.66. The smallest absolute Gasteiger partial charge is 0.251 e. The molecule has 0 aliphatic heterocycles. The first-order chi connectivity index (χ1) is 14.9. The largest absolute Gasteiger partial charge is 0.497 e. The fourth-order valence-electron chi connectivity index (χ4n) is 2.76. The van der Waals surface area contributed by atoms with Crippen molar-refractivity contribution < 1.29 is 22.4 Å². The molecule has 9 heteroatoms.